The largest absolute Gasteiger partial charge is 0.330 e. The molecule has 86 valence electrons. The van der Waals surface area contributed by atoms with Gasteiger partial charge < -0.3 is 5.73 Å². The third-order valence-electron chi connectivity index (χ3n) is 4.65. The Kier molecular flexibility index (Phi) is 2.16. The van der Waals surface area contributed by atoms with Crippen LogP contribution in [0, 0.1) is 11.3 Å². The van der Waals surface area contributed by atoms with Crippen LogP contribution < -0.4 is 5.73 Å². The lowest BCUT2D eigenvalue weighted by Crippen LogP contribution is -2.05. The van der Waals surface area contributed by atoms with Crippen molar-refractivity contribution in [1.29, 1.82) is 0 Å². The molecule has 16 heavy (non-hydrogen) atoms. The van der Waals surface area contributed by atoms with Crippen molar-refractivity contribution in [3.05, 3.63) is 35.4 Å². The molecule has 1 heteroatoms. The van der Waals surface area contributed by atoms with Gasteiger partial charge in [0.1, 0.15) is 0 Å². The molecule has 3 rings (SSSR count). The molecule has 0 spiro atoms. The summed E-state index contributed by atoms with van der Waals surface area (Å²) in [5, 5.41) is 0. The lowest BCUT2D eigenvalue weighted by Gasteiger charge is -2.09. The van der Waals surface area contributed by atoms with Crippen molar-refractivity contribution in [3.63, 3.8) is 0 Å². The molecular weight excluding hydrogens is 194 g/mol. The average Bonchev–Trinajstić information content (AvgIpc) is 3.14. The van der Waals surface area contributed by atoms with E-state index in [-0.39, 0.29) is 0 Å². The highest BCUT2D eigenvalue weighted by Crippen LogP contribution is 2.65. The van der Waals surface area contributed by atoms with Crippen LogP contribution in [-0.2, 0) is 0 Å². The van der Waals surface area contributed by atoms with Gasteiger partial charge in [-0.25, -0.2) is 0 Å². The third kappa shape index (κ3) is 1.41. The molecule has 1 aromatic rings. The Morgan fingerprint density at radius 1 is 1.19 bits per heavy atom. The topological polar surface area (TPSA) is 26.0 Å². The Balaban J connectivity index is 1.95. The van der Waals surface area contributed by atoms with Crippen LogP contribution in [-0.4, -0.2) is 6.54 Å². The van der Waals surface area contributed by atoms with Gasteiger partial charge in [0.05, 0.1) is 0 Å². The second kappa shape index (κ2) is 3.33. The highest BCUT2D eigenvalue weighted by Gasteiger charge is 2.58. The second-order valence-electron chi connectivity index (χ2n) is 6.04. The molecule has 2 aliphatic carbocycles. The smallest absolute Gasteiger partial charge is 0.00375 e. The van der Waals surface area contributed by atoms with Gasteiger partial charge in [-0.3, -0.25) is 0 Å². The second-order valence-corrected chi connectivity index (χ2v) is 6.04. The Morgan fingerprint density at radius 2 is 1.81 bits per heavy atom. The number of nitrogens with two attached hydrogens (primary N) is 1. The van der Waals surface area contributed by atoms with Gasteiger partial charge in [0.25, 0.3) is 0 Å². The quantitative estimate of drug-likeness (QED) is 0.823. The van der Waals surface area contributed by atoms with Crippen molar-refractivity contribution in [2.45, 2.75) is 38.5 Å². The molecule has 0 unspecified atom stereocenters. The fraction of sp³-hybridized carbons (Fsp3) is 0.600. The van der Waals surface area contributed by atoms with E-state index in [0.29, 0.717) is 17.3 Å². The van der Waals surface area contributed by atoms with E-state index in [0.717, 1.165) is 12.5 Å². The molecule has 0 heterocycles. The van der Waals surface area contributed by atoms with E-state index in [9.17, 15) is 0 Å². The molecule has 2 fully saturated rings. The third-order valence-corrected chi connectivity index (χ3v) is 4.65. The summed E-state index contributed by atoms with van der Waals surface area (Å²) in [7, 11) is 0. The Morgan fingerprint density at radius 3 is 2.31 bits per heavy atom. The van der Waals surface area contributed by atoms with Gasteiger partial charge in [-0.1, -0.05) is 38.1 Å². The summed E-state index contributed by atoms with van der Waals surface area (Å²) in [6.07, 6.45) is 2.77. The van der Waals surface area contributed by atoms with Gasteiger partial charge in [-0.05, 0) is 53.7 Å². The molecule has 0 bridgehead atoms. The highest BCUT2D eigenvalue weighted by molar-refractivity contribution is 5.41. The summed E-state index contributed by atoms with van der Waals surface area (Å²) in [6.45, 7) is 5.55. The molecule has 2 N–H and O–H groups in total. The first-order valence-corrected chi connectivity index (χ1v) is 6.45. The van der Waals surface area contributed by atoms with Crippen molar-refractivity contribution < 1.29 is 0 Å². The van der Waals surface area contributed by atoms with Crippen LogP contribution in [0.4, 0.5) is 0 Å². The molecule has 0 radical (unpaired) electrons. The van der Waals surface area contributed by atoms with Gasteiger partial charge in [0.15, 0.2) is 0 Å². The minimum absolute atomic E-state index is 0.416. The highest BCUT2D eigenvalue weighted by atomic mass is 14.7. The summed E-state index contributed by atoms with van der Waals surface area (Å²) < 4.78 is 0. The molecule has 2 atom stereocenters. The maximum atomic E-state index is 5.88. The van der Waals surface area contributed by atoms with Crippen molar-refractivity contribution in [2.75, 3.05) is 6.54 Å². The maximum absolute atomic E-state index is 5.88. The molecule has 2 aliphatic rings. The summed E-state index contributed by atoms with van der Waals surface area (Å²) in [5.74, 6) is 2.24. The normalized spacial score (nSPS) is 31.4. The number of benzene rings is 1. The Bertz CT molecular complexity index is 404. The molecule has 1 aromatic carbocycles. The minimum Gasteiger partial charge on any atom is -0.330 e. The first-order chi connectivity index (χ1) is 7.66. The van der Waals surface area contributed by atoms with Gasteiger partial charge >= 0.3 is 0 Å². The fourth-order valence-corrected chi connectivity index (χ4v) is 3.36. The Labute approximate surface area is 98.0 Å². The van der Waals surface area contributed by atoms with Crippen LogP contribution in [0.5, 0.6) is 0 Å². The zero-order valence-corrected chi connectivity index (χ0v) is 10.2. The van der Waals surface area contributed by atoms with E-state index < -0.39 is 0 Å². The first kappa shape index (κ1) is 10.3. The summed E-state index contributed by atoms with van der Waals surface area (Å²) in [6, 6.07) is 9.03. The average molecular weight is 215 g/mol. The van der Waals surface area contributed by atoms with Crippen LogP contribution in [0.2, 0.25) is 0 Å². The van der Waals surface area contributed by atoms with E-state index in [1.165, 1.54) is 12.8 Å². The van der Waals surface area contributed by atoms with E-state index in [1.807, 2.05) is 0 Å². The first-order valence-electron chi connectivity index (χ1n) is 6.45. The molecule has 0 aliphatic heterocycles. The molecule has 0 saturated heterocycles. The summed E-state index contributed by atoms with van der Waals surface area (Å²) in [4.78, 5) is 0. The molecule has 0 aromatic heterocycles. The Hall–Kier alpha value is -0.820. The van der Waals surface area contributed by atoms with Crippen LogP contribution in [0.25, 0.3) is 0 Å². The van der Waals surface area contributed by atoms with Gasteiger partial charge in [-0.2, -0.15) is 0 Å². The van der Waals surface area contributed by atoms with E-state index in [4.69, 9.17) is 5.73 Å². The number of hydrogen-bond acceptors (Lipinski definition) is 1. The standard InChI is InChI=1S/C15H21N/c1-15(2)13(9-16)14(15)12-6-4-3-5-11(12)10-7-8-10/h3-6,10,13-14H,7-9,16H2,1-2H3/t13-,14-/m1/s1. The lowest BCUT2D eigenvalue weighted by molar-refractivity contribution is 0.558. The molecule has 0 amide bonds. The van der Waals surface area contributed by atoms with Crippen LogP contribution in [0.3, 0.4) is 0 Å². The van der Waals surface area contributed by atoms with Crippen molar-refractivity contribution in [2.24, 2.45) is 17.1 Å². The van der Waals surface area contributed by atoms with E-state index in [1.54, 1.807) is 11.1 Å². The fourth-order valence-electron chi connectivity index (χ4n) is 3.36. The maximum Gasteiger partial charge on any atom is -0.00375 e. The van der Waals surface area contributed by atoms with Gasteiger partial charge in [0, 0.05) is 0 Å². The monoisotopic (exact) mass is 215 g/mol. The number of hydrogen-bond donors (Lipinski definition) is 1. The SMILES string of the molecule is CC1(C)[C@H](CN)[C@H]1c1ccccc1C1CC1. The van der Waals surface area contributed by atoms with Crippen LogP contribution in [0.1, 0.15) is 49.7 Å². The molecule has 2 saturated carbocycles. The predicted octanol–water partition coefficient (Wildman–Crippen LogP) is 3.26. The van der Waals surface area contributed by atoms with Gasteiger partial charge in [0.2, 0.25) is 0 Å². The zero-order chi connectivity index (χ0) is 11.3. The van der Waals surface area contributed by atoms with Crippen LogP contribution >= 0.6 is 0 Å². The number of rotatable bonds is 3. The van der Waals surface area contributed by atoms with E-state index >= 15 is 0 Å². The summed E-state index contributed by atoms with van der Waals surface area (Å²) >= 11 is 0. The predicted molar refractivity (Wildman–Crippen MR) is 67.5 cm³/mol. The zero-order valence-electron chi connectivity index (χ0n) is 10.2. The van der Waals surface area contributed by atoms with Gasteiger partial charge in [-0.15, -0.1) is 0 Å². The van der Waals surface area contributed by atoms with Crippen LogP contribution in [0.15, 0.2) is 24.3 Å². The minimum atomic E-state index is 0.416. The van der Waals surface area contributed by atoms with Crippen molar-refractivity contribution in [3.8, 4) is 0 Å². The van der Waals surface area contributed by atoms with Crippen molar-refractivity contribution in [1.82, 2.24) is 0 Å². The lowest BCUT2D eigenvalue weighted by atomic mass is 9.95. The van der Waals surface area contributed by atoms with E-state index in [2.05, 4.69) is 38.1 Å². The van der Waals surface area contributed by atoms with Crippen molar-refractivity contribution >= 4 is 0 Å². The summed E-state index contributed by atoms with van der Waals surface area (Å²) in [5.41, 5.74) is 9.49. The molecular formula is C15H21N. The molecule has 1 nitrogen and oxygen atoms in total.